The number of amides is 1. The van der Waals surface area contributed by atoms with Gasteiger partial charge < -0.3 is 5.32 Å². The minimum atomic E-state index is -0.112. The van der Waals surface area contributed by atoms with Crippen LogP contribution in [0.3, 0.4) is 0 Å². The lowest BCUT2D eigenvalue weighted by atomic mass is 10.1. The second-order valence-corrected chi connectivity index (χ2v) is 7.50. The molecule has 0 bridgehead atoms. The number of nitrogens with zero attached hydrogens (tertiary/aromatic N) is 3. The van der Waals surface area contributed by atoms with E-state index in [9.17, 15) is 4.79 Å². The van der Waals surface area contributed by atoms with Crippen LogP contribution >= 0.6 is 11.3 Å². The third-order valence-electron chi connectivity index (χ3n) is 4.69. The van der Waals surface area contributed by atoms with Crippen LogP contribution in [0, 0.1) is 13.8 Å². The van der Waals surface area contributed by atoms with Gasteiger partial charge in [-0.05, 0) is 42.5 Å². The lowest BCUT2D eigenvalue weighted by molar-refractivity contribution is 0.0952. The Hall–Kier alpha value is -2.99. The average molecular weight is 376 g/mol. The second kappa shape index (κ2) is 6.96. The largest absolute Gasteiger partial charge is 0.348 e. The summed E-state index contributed by atoms with van der Waals surface area (Å²) in [5, 5.41) is 10.3. The van der Waals surface area contributed by atoms with Gasteiger partial charge in [-0.25, -0.2) is 4.98 Å². The summed E-state index contributed by atoms with van der Waals surface area (Å²) in [6.45, 7) is 4.45. The number of nitrogens with one attached hydrogen (secondary N) is 1. The molecule has 1 N–H and O–H groups in total. The smallest absolute Gasteiger partial charge is 0.252 e. The van der Waals surface area contributed by atoms with Gasteiger partial charge in [0.15, 0.2) is 5.65 Å². The van der Waals surface area contributed by atoms with Crippen LogP contribution in [0.1, 0.15) is 27.2 Å². The molecule has 0 fully saturated rings. The third kappa shape index (κ3) is 3.24. The second-order valence-electron chi connectivity index (χ2n) is 6.55. The molecule has 0 saturated heterocycles. The number of hydrogen-bond donors (Lipinski definition) is 1. The standard InChI is InChI=1S/C21H20N4OS/c1-13-7-4-5-8-15(13)12-22-21(26)16-11-17(18-9-6-10-27-18)23-20-19(16)14(2)24-25(20)3/h4-11H,12H2,1-3H3,(H,22,26). The lowest BCUT2D eigenvalue weighted by Gasteiger charge is -2.10. The zero-order valence-corrected chi connectivity index (χ0v) is 16.3. The van der Waals surface area contributed by atoms with Crippen LogP contribution in [0.5, 0.6) is 0 Å². The summed E-state index contributed by atoms with van der Waals surface area (Å²) in [5.74, 6) is -0.112. The van der Waals surface area contributed by atoms with Gasteiger partial charge in [-0.1, -0.05) is 30.3 Å². The zero-order chi connectivity index (χ0) is 19.0. The van der Waals surface area contributed by atoms with Gasteiger partial charge in [0.25, 0.3) is 5.91 Å². The Labute approximate surface area is 161 Å². The van der Waals surface area contributed by atoms with Crippen LogP contribution in [-0.2, 0) is 13.6 Å². The van der Waals surface area contributed by atoms with Gasteiger partial charge in [0.1, 0.15) is 0 Å². The van der Waals surface area contributed by atoms with Gasteiger partial charge in [0.05, 0.1) is 27.2 Å². The highest BCUT2D eigenvalue weighted by Gasteiger charge is 2.19. The average Bonchev–Trinajstić information content (AvgIpc) is 3.29. The molecular formula is C21H20N4OS. The Kier molecular flexibility index (Phi) is 4.49. The molecular weight excluding hydrogens is 356 g/mol. The van der Waals surface area contributed by atoms with Crippen LogP contribution in [0.25, 0.3) is 21.6 Å². The molecule has 0 saturated carbocycles. The van der Waals surface area contributed by atoms with Crippen LogP contribution in [0.15, 0.2) is 47.8 Å². The number of hydrogen-bond acceptors (Lipinski definition) is 4. The Morgan fingerprint density at radius 2 is 2.00 bits per heavy atom. The SMILES string of the molecule is Cc1ccccc1CNC(=O)c1cc(-c2cccs2)nc2c1c(C)nn2C. The van der Waals surface area contributed by atoms with Gasteiger partial charge in [0, 0.05) is 13.6 Å². The molecule has 6 heteroatoms. The van der Waals surface area contributed by atoms with Gasteiger partial charge in [-0.3, -0.25) is 9.48 Å². The summed E-state index contributed by atoms with van der Waals surface area (Å²) in [6.07, 6.45) is 0. The molecule has 1 amide bonds. The molecule has 0 spiro atoms. The fourth-order valence-corrected chi connectivity index (χ4v) is 3.94. The molecule has 0 radical (unpaired) electrons. The Balaban J connectivity index is 1.75. The molecule has 0 unspecified atom stereocenters. The topological polar surface area (TPSA) is 59.8 Å². The Morgan fingerprint density at radius 1 is 1.19 bits per heavy atom. The zero-order valence-electron chi connectivity index (χ0n) is 15.5. The van der Waals surface area contributed by atoms with Gasteiger partial charge in [0.2, 0.25) is 0 Å². The monoisotopic (exact) mass is 376 g/mol. The molecule has 27 heavy (non-hydrogen) atoms. The first-order valence-electron chi connectivity index (χ1n) is 8.75. The molecule has 3 heterocycles. The quantitative estimate of drug-likeness (QED) is 0.579. The van der Waals surface area contributed by atoms with Crippen molar-refractivity contribution in [3.8, 4) is 10.6 Å². The fraction of sp³-hybridized carbons (Fsp3) is 0.190. The van der Waals surface area contributed by atoms with Crippen molar-refractivity contribution < 1.29 is 4.79 Å². The lowest BCUT2D eigenvalue weighted by Crippen LogP contribution is -2.23. The maximum Gasteiger partial charge on any atom is 0.252 e. The van der Waals surface area contributed by atoms with Crippen LogP contribution in [0.4, 0.5) is 0 Å². The first-order valence-corrected chi connectivity index (χ1v) is 9.63. The van der Waals surface area contributed by atoms with Crippen molar-refractivity contribution in [3.05, 3.63) is 70.2 Å². The number of thiophene rings is 1. The van der Waals surface area contributed by atoms with E-state index in [-0.39, 0.29) is 5.91 Å². The highest BCUT2D eigenvalue weighted by Crippen LogP contribution is 2.29. The van der Waals surface area contributed by atoms with E-state index in [1.54, 1.807) is 16.0 Å². The fourth-order valence-electron chi connectivity index (χ4n) is 3.25. The third-order valence-corrected chi connectivity index (χ3v) is 5.58. The normalized spacial score (nSPS) is 11.1. The Bertz CT molecular complexity index is 1130. The number of pyridine rings is 1. The summed E-state index contributed by atoms with van der Waals surface area (Å²) < 4.78 is 1.74. The number of carbonyl (C=O) groups excluding carboxylic acids is 1. The first kappa shape index (κ1) is 17.4. The minimum Gasteiger partial charge on any atom is -0.348 e. The molecule has 4 aromatic rings. The van der Waals surface area contributed by atoms with E-state index < -0.39 is 0 Å². The molecule has 0 aliphatic heterocycles. The highest BCUT2D eigenvalue weighted by molar-refractivity contribution is 7.13. The van der Waals surface area contributed by atoms with Crippen molar-refractivity contribution in [1.29, 1.82) is 0 Å². The number of benzene rings is 1. The van der Waals surface area contributed by atoms with Crippen molar-refractivity contribution in [1.82, 2.24) is 20.1 Å². The van der Waals surface area contributed by atoms with E-state index in [2.05, 4.69) is 10.4 Å². The van der Waals surface area contributed by atoms with E-state index in [0.29, 0.717) is 12.1 Å². The first-order chi connectivity index (χ1) is 13.0. The minimum absolute atomic E-state index is 0.112. The van der Waals surface area contributed by atoms with Crippen LogP contribution in [0.2, 0.25) is 0 Å². The number of fused-ring (bicyclic) bond motifs is 1. The van der Waals surface area contributed by atoms with Gasteiger partial charge in [-0.2, -0.15) is 5.10 Å². The summed E-state index contributed by atoms with van der Waals surface area (Å²) in [7, 11) is 1.86. The molecule has 4 rings (SSSR count). The van der Waals surface area contributed by atoms with E-state index in [1.807, 2.05) is 68.7 Å². The van der Waals surface area contributed by atoms with Crippen LogP contribution in [-0.4, -0.2) is 20.7 Å². The summed E-state index contributed by atoms with van der Waals surface area (Å²) in [5.41, 5.74) is 5.20. The molecule has 0 aliphatic rings. The molecule has 0 atom stereocenters. The number of rotatable bonds is 4. The van der Waals surface area contributed by atoms with Gasteiger partial charge in [-0.15, -0.1) is 11.3 Å². The summed E-state index contributed by atoms with van der Waals surface area (Å²) in [4.78, 5) is 18.8. The van der Waals surface area contributed by atoms with E-state index in [1.165, 1.54) is 0 Å². The van der Waals surface area contributed by atoms with Gasteiger partial charge >= 0.3 is 0 Å². The number of aromatic nitrogens is 3. The van der Waals surface area contributed by atoms with Crippen molar-refractivity contribution >= 4 is 28.3 Å². The molecule has 0 aliphatic carbocycles. The van der Waals surface area contributed by atoms with Crippen molar-refractivity contribution in [2.45, 2.75) is 20.4 Å². The van der Waals surface area contributed by atoms with Crippen molar-refractivity contribution in [2.75, 3.05) is 0 Å². The maximum atomic E-state index is 13.1. The number of aryl methyl sites for hydroxylation is 3. The number of carbonyl (C=O) groups is 1. The summed E-state index contributed by atoms with van der Waals surface area (Å²) >= 11 is 1.61. The predicted octanol–water partition coefficient (Wildman–Crippen LogP) is 4.24. The van der Waals surface area contributed by atoms with E-state index >= 15 is 0 Å². The van der Waals surface area contributed by atoms with Crippen molar-refractivity contribution in [2.24, 2.45) is 7.05 Å². The molecule has 5 nitrogen and oxygen atoms in total. The Morgan fingerprint density at radius 3 is 2.74 bits per heavy atom. The summed E-state index contributed by atoms with van der Waals surface area (Å²) in [6, 6.07) is 13.9. The predicted molar refractivity (Wildman–Crippen MR) is 109 cm³/mol. The van der Waals surface area contributed by atoms with E-state index in [4.69, 9.17) is 4.98 Å². The van der Waals surface area contributed by atoms with Crippen molar-refractivity contribution in [3.63, 3.8) is 0 Å². The van der Waals surface area contributed by atoms with Crippen LogP contribution < -0.4 is 5.32 Å². The maximum absolute atomic E-state index is 13.1. The molecule has 1 aromatic carbocycles. The van der Waals surface area contributed by atoms with E-state index in [0.717, 1.165) is 38.4 Å². The molecule has 3 aromatic heterocycles. The highest BCUT2D eigenvalue weighted by atomic mass is 32.1. The molecule has 136 valence electrons.